The van der Waals surface area contributed by atoms with Crippen molar-refractivity contribution in [1.29, 1.82) is 0 Å². The first-order valence-corrected chi connectivity index (χ1v) is 12.1. The molecule has 12 fully saturated rings. The van der Waals surface area contributed by atoms with E-state index in [0.717, 1.165) is 0 Å². The van der Waals surface area contributed by atoms with E-state index >= 15 is 0 Å². The third-order valence-corrected chi connectivity index (χ3v) is 14.9. The van der Waals surface area contributed by atoms with Gasteiger partial charge in [-0.3, -0.25) is 9.59 Å². The van der Waals surface area contributed by atoms with E-state index in [1.54, 1.807) is 0 Å². The first kappa shape index (κ1) is 14.8. The highest BCUT2D eigenvalue weighted by Gasteiger charge is 3.12. The van der Waals surface area contributed by atoms with Crippen molar-refractivity contribution in [1.82, 2.24) is 0 Å². The fourth-order valence-electron chi connectivity index (χ4n) is 16.7. The Balaban J connectivity index is 1.37. The van der Waals surface area contributed by atoms with Crippen molar-refractivity contribution in [2.75, 3.05) is 14.2 Å². The molecule has 0 aromatic heterocycles. The minimum absolute atomic E-state index is 0.135. The van der Waals surface area contributed by atoms with Gasteiger partial charge in [-0.05, 0) is 94.7 Å². The molecule has 0 aromatic rings. The fraction of sp³-hybridized carbons (Fsp3) is 0.917. The zero-order valence-electron chi connectivity index (χ0n) is 16.8. The Bertz CT molecular complexity index is 973. The summed E-state index contributed by atoms with van der Waals surface area (Å²) in [5.41, 5.74) is -3.32. The maximum absolute atomic E-state index is 13.7. The summed E-state index contributed by atoms with van der Waals surface area (Å²) in [5.74, 6) is 3.15. The molecule has 0 amide bonds. The van der Waals surface area contributed by atoms with Gasteiger partial charge >= 0.3 is 11.9 Å². The lowest BCUT2D eigenvalue weighted by molar-refractivity contribution is -0.192. The Morgan fingerprint density at radius 3 is 1.03 bits per heavy atom. The first-order chi connectivity index (χ1) is 14.4. The van der Waals surface area contributed by atoms with Gasteiger partial charge in [0.05, 0.1) is 25.4 Å². The first-order valence-electron chi connectivity index (χ1n) is 12.1. The molecule has 156 valence electrons. The highest BCUT2D eigenvalue weighted by atomic mass is 16.5. The van der Waals surface area contributed by atoms with E-state index in [0.29, 0.717) is 0 Å². The molecule has 12 aliphatic carbocycles. The van der Waals surface area contributed by atoms with E-state index < -0.39 is 22.0 Å². The molecule has 0 radical (unpaired) electrons. The van der Waals surface area contributed by atoms with E-state index in [-0.39, 0.29) is 107 Å². The van der Waals surface area contributed by atoms with Crippen LogP contribution >= 0.6 is 0 Å². The van der Waals surface area contributed by atoms with Crippen LogP contribution in [-0.2, 0) is 19.1 Å². The van der Waals surface area contributed by atoms with Crippen LogP contribution in [0.1, 0.15) is 0 Å². The molecule has 0 bridgehead atoms. The van der Waals surface area contributed by atoms with E-state index in [4.69, 9.17) is 9.47 Å². The van der Waals surface area contributed by atoms with Crippen LogP contribution in [0.2, 0.25) is 0 Å². The zero-order valence-corrected chi connectivity index (χ0v) is 16.8. The largest absolute Gasteiger partial charge is 0.468 e. The van der Waals surface area contributed by atoms with Crippen LogP contribution in [0.5, 0.6) is 0 Å². The molecule has 30 heavy (non-hydrogen) atoms. The molecule has 12 unspecified atom stereocenters. The lowest BCUT2D eigenvalue weighted by Gasteiger charge is -2.47. The van der Waals surface area contributed by atoms with Crippen LogP contribution in [0.3, 0.4) is 0 Å². The minimum Gasteiger partial charge on any atom is -0.468 e. The van der Waals surface area contributed by atoms with Crippen molar-refractivity contribution in [2.24, 2.45) is 106 Å². The topological polar surface area (TPSA) is 93.1 Å². The monoisotopic (exact) mass is 408 g/mol. The highest BCUT2D eigenvalue weighted by Crippen LogP contribution is 3.07. The summed E-state index contributed by atoms with van der Waals surface area (Å²) in [6.07, 6.45) is 0. The summed E-state index contributed by atoms with van der Waals surface area (Å²) >= 11 is 0. The van der Waals surface area contributed by atoms with Gasteiger partial charge in [0.2, 0.25) is 0 Å². The third-order valence-electron chi connectivity index (χ3n) is 14.9. The predicted octanol–water partition coefficient (Wildman–Crippen LogP) is -0.224. The van der Waals surface area contributed by atoms with Crippen molar-refractivity contribution < 1.29 is 29.3 Å². The fourth-order valence-corrected chi connectivity index (χ4v) is 16.7. The van der Waals surface area contributed by atoms with E-state index in [9.17, 15) is 19.8 Å². The van der Waals surface area contributed by atoms with Crippen molar-refractivity contribution >= 4 is 11.9 Å². The number of methoxy groups -OCH3 is 2. The number of carbonyl (C=O) groups is 2. The molecule has 0 spiro atoms. The Hall–Kier alpha value is -1.14. The second-order valence-corrected chi connectivity index (χ2v) is 13.2. The zero-order chi connectivity index (χ0) is 19.8. The Morgan fingerprint density at radius 1 is 0.533 bits per heavy atom. The molecule has 0 saturated heterocycles. The average Bonchev–Trinajstić information content (AvgIpc) is 3.49. The van der Waals surface area contributed by atoms with Crippen LogP contribution in [0.15, 0.2) is 0 Å². The Morgan fingerprint density at radius 2 is 0.767 bits per heavy atom. The highest BCUT2D eigenvalue weighted by molar-refractivity contribution is 5.88. The Kier molecular flexibility index (Phi) is 1.60. The molecule has 0 aromatic carbocycles. The summed E-state index contributed by atoms with van der Waals surface area (Å²) in [5, 5.41) is 25.4. The smallest absolute Gasteiger partial charge is 0.315 e. The quantitative estimate of drug-likeness (QED) is 0.614. The number of esters is 2. The van der Waals surface area contributed by atoms with E-state index in [1.807, 2.05) is 0 Å². The van der Waals surface area contributed by atoms with E-state index in [2.05, 4.69) is 0 Å². The maximum atomic E-state index is 13.7. The van der Waals surface area contributed by atoms with Crippen molar-refractivity contribution in [2.45, 2.75) is 11.2 Å². The molecule has 12 saturated carbocycles. The molecule has 12 rings (SSSR count). The summed E-state index contributed by atoms with van der Waals surface area (Å²) in [6.45, 7) is 0. The molecule has 6 heteroatoms. The molecular formula is C24H24O6. The summed E-state index contributed by atoms with van der Waals surface area (Å²) < 4.78 is 11.1. The summed E-state index contributed by atoms with van der Waals surface area (Å²) in [4.78, 5) is 27.4. The number of hydrogen-bond donors (Lipinski definition) is 2. The van der Waals surface area contributed by atoms with Gasteiger partial charge in [-0.25, -0.2) is 0 Å². The van der Waals surface area contributed by atoms with Crippen LogP contribution < -0.4 is 0 Å². The van der Waals surface area contributed by atoms with Gasteiger partial charge in [0.25, 0.3) is 0 Å². The van der Waals surface area contributed by atoms with Crippen LogP contribution in [-0.4, -0.2) is 47.6 Å². The number of aliphatic hydroxyl groups is 2. The molecule has 6 nitrogen and oxygen atoms in total. The normalized spacial score (nSPS) is 85.5. The second kappa shape index (κ2) is 3.23. The number of rotatable bonds is 2. The minimum atomic E-state index is -0.924. The average molecular weight is 408 g/mol. The number of carbonyl (C=O) groups excluding carboxylic acids is 2. The predicted molar refractivity (Wildman–Crippen MR) is 94.6 cm³/mol. The summed E-state index contributed by atoms with van der Waals surface area (Å²) in [6, 6.07) is 0. The molecular weight excluding hydrogens is 384 g/mol. The maximum Gasteiger partial charge on any atom is 0.315 e. The summed E-state index contributed by atoms with van der Waals surface area (Å²) in [7, 11) is 3.00. The standard InChI is InChI=1S/C24H24O6/c1-29-19(25)21-11-3-4-12(21)6-8-14(4)22(20(26)30-2)13(3)7-5(11)15-9-10(16(6)23(15,21)27)18(8)24(22,28)17(7)9/h3-18,27-28H,1-2H3. The van der Waals surface area contributed by atoms with Gasteiger partial charge in [0.15, 0.2) is 0 Å². The molecule has 0 aliphatic heterocycles. The van der Waals surface area contributed by atoms with Crippen molar-refractivity contribution in [3.63, 3.8) is 0 Å². The molecule has 0 heterocycles. The molecule has 12 atom stereocenters. The van der Waals surface area contributed by atoms with Gasteiger partial charge in [0.1, 0.15) is 10.8 Å². The van der Waals surface area contributed by atoms with Crippen molar-refractivity contribution in [3.8, 4) is 0 Å². The van der Waals surface area contributed by atoms with Gasteiger partial charge in [-0.2, -0.15) is 0 Å². The van der Waals surface area contributed by atoms with Gasteiger partial charge in [0, 0.05) is 0 Å². The molecule has 12 aliphatic rings. The Labute approximate surface area is 172 Å². The van der Waals surface area contributed by atoms with Gasteiger partial charge in [-0.15, -0.1) is 0 Å². The van der Waals surface area contributed by atoms with Gasteiger partial charge < -0.3 is 19.7 Å². The number of ether oxygens (including phenoxy) is 2. The third kappa shape index (κ3) is 0.694. The number of hydrogen-bond acceptors (Lipinski definition) is 6. The van der Waals surface area contributed by atoms with E-state index in [1.165, 1.54) is 14.2 Å². The van der Waals surface area contributed by atoms with Gasteiger partial charge in [-0.1, -0.05) is 0 Å². The lowest BCUT2D eigenvalue weighted by atomic mass is 9.60. The van der Waals surface area contributed by atoms with Crippen LogP contribution in [0.25, 0.3) is 0 Å². The molecule has 2 N–H and O–H groups in total. The lowest BCUT2D eigenvalue weighted by Crippen LogP contribution is -2.60. The van der Waals surface area contributed by atoms with Crippen molar-refractivity contribution in [3.05, 3.63) is 0 Å². The SMILES string of the molecule is COC(=O)C12C3C4C5C6C7C8C(C9C%10C8C6(O)C6(C(=O)OC)C5C3C(C91)C%106)C2(O)C74. The van der Waals surface area contributed by atoms with Crippen LogP contribution in [0.4, 0.5) is 0 Å². The second-order valence-electron chi connectivity index (χ2n) is 13.2. The van der Waals surface area contributed by atoms with Crippen LogP contribution in [0, 0.1) is 106 Å².